The number of nitrogens with zero attached hydrogens (tertiary/aromatic N) is 2. The van der Waals surface area contributed by atoms with Crippen LogP contribution in [0.3, 0.4) is 0 Å². The monoisotopic (exact) mass is 267 g/mol. The van der Waals surface area contributed by atoms with Crippen molar-refractivity contribution in [1.82, 2.24) is 9.97 Å². The Morgan fingerprint density at radius 3 is 2.89 bits per heavy atom. The van der Waals surface area contributed by atoms with Crippen molar-refractivity contribution in [3.8, 4) is 0 Å². The van der Waals surface area contributed by atoms with E-state index in [-0.39, 0.29) is 5.54 Å². The molecule has 1 aliphatic rings. The van der Waals surface area contributed by atoms with Crippen LogP contribution in [-0.2, 0) is 16.1 Å². The summed E-state index contributed by atoms with van der Waals surface area (Å²) in [5, 5.41) is 3.40. The fourth-order valence-electron chi connectivity index (χ4n) is 2.17. The Hall–Kier alpha value is -1.44. The highest BCUT2D eigenvalue weighted by atomic mass is 16.5. The summed E-state index contributed by atoms with van der Waals surface area (Å²) in [5.74, 6) is 7.29. The molecule has 1 unspecified atom stereocenters. The lowest BCUT2D eigenvalue weighted by atomic mass is 9.95. The number of methoxy groups -OCH3 is 1. The minimum atomic E-state index is -0.108. The minimum absolute atomic E-state index is 0.108. The van der Waals surface area contributed by atoms with E-state index < -0.39 is 0 Å². The predicted octanol–water partition coefficient (Wildman–Crippen LogP) is 0.890. The third kappa shape index (κ3) is 3.76. The molecule has 106 valence electrons. The van der Waals surface area contributed by atoms with Gasteiger partial charge in [0.2, 0.25) is 0 Å². The Morgan fingerprint density at radius 1 is 1.47 bits per heavy atom. The summed E-state index contributed by atoms with van der Waals surface area (Å²) in [7, 11) is 1.61. The number of hydrazine groups is 1. The zero-order valence-corrected chi connectivity index (χ0v) is 11.4. The normalized spacial score (nSPS) is 23.1. The Morgan fingerprint density at radius 2 is 2.26 bits per heavy atom. The number of nitrogen functional groups attached to an aromatic ring is 1. The van der Waals surface area contributed by atoms with E-state index in [9.17, 15) is 0 Å². The van der Waals surface area contributed by atoms with Crippen LogP contribution >= 0.6 is 0 Å². The summed E-state index contributed by atoms with van der Waals surface area (Å²) in [5.41, 5.74) is 2.43. The Labute approximate surface area is 112 Å². The smallest absolute Gasteiger partial charge is 0.158 e. The molecule has 19 heavy (non-hydrogen) atoms. The van der Waals surface area contributed by atoms with Crippen molar-refractivity contribution in [2.75, 3.05) is 31.1 Å². The zero-order chi connectivity index (χ0) is 13.7. The van der Waals surface area contributed by atoms with Gasteiger partial charge < -0.3 is 20.2 Å². The van der Waals surface area contributed by atoms with Gasteiger partial charge in [-0.1, -0.05) is 0 Å². The van der Waals surface area contributed by atoms with Gasteiger partial charge in [0.05, 0.1) is 12.1 Å². The molecular formula is C12H21N5O2. The van der Waals surface area contributed by atoms with E-state index >= 15 is 0 Å². The number of anilines is 2. The summed E-state index contributed by atoms with van der Waals surface area (Å²) >= 11 is 0. The number of hydrogen-bond donors (Lipinski definition) is 3. The minimum Gasteiger partial charge on any atom is -0.379 e. The molecule has 7 heteroatoms. The van der Waals surface area contributed by atoms with E-state index in [1.165, 1.54) is 0 Å². The number of nitrogens with two attached hydrogens (primary N) is 1. The molecule has 0 aromatic carbocycles. The first-order valence-corrected chi connectivity index (χ1v) is 6.35. The molecule has 0 radical (unpaired) electrons. The van der Waals surface area contributed by atoms with Crippen LogP contribution in [0.1, 0.15) is 25.6 Å². The predicted molar refractivity (Wildman–Crippen MR) is 72.6 cm³/mol. The van der Waals surface area contributed by atoms with E-state index in [1.54, 1.807) is 13.2 Å². The van der Waals surface area contributed by atoms with E-state index in [4.69, 9.17) is 15.3 Å². The molecule has 0 aliphatic carbocycles. The summed E-state index contributed by atoms with van der Waals surface area (Å²) in [6, 6.07) is 1.78. The van der Waals surface area contributed by atoms with Crippen molar-refractivity contribution in [1.29, 1.82) is 0 Å². The van der Waals surface area contributed by atoms with Crippen LogP contribution in [0.15, 0.2) is 6.07 Å². The third-order valence-corrected chi connectivity index (χ3v) is 3.06. The Balaban J connectivity index is 2.16. The van der Waals surface area contributed by atoms with Gasteiger partial charge in [-0.3, -0.25) is 0 Å². The van der Waals surface area contributed by atoms with Gasteiger partial charge in [-0.2, -0.15) is 0 Å². The highest BCUT2D eigenvalue weighted by molar-refractivity contribution is 5.48. The number of rotatable bonds is 5. The van der Waals surface area contributed by atoms with Gasteiger partial charge in [0, 0.05) is 19.8 Å². The quantitative estimate of drug-likeness (QED) is 0.538. The van der Waals surface area contributed by atoms with Crippen molar-refractivity contribution >= 4 is 11.6 Å². The topological polar surface area (TPSA) is 94.3 Å². The molecule has 1 aromatic rings. The van der Waals surface area contributed by atoms with Gasteiger partial charge in [-0.05, 0) is 19.8 Å². The SMILES string of the molecule is COCc1nc(NN)cc(NC2(C)CCCOC2)n1. The Kier molecular flexibility index (Phi) is 4.52. The lowest BCUT2D eigenvalue weighted by Crippen LogP contribution is -2.43. The Bertz CT molecular complexity index is 421. The third-order valence-electron chi connectivity index (χ3n) is 3.06. The molecule has 2 rings (SSSR count). The van der Waals surface area contributed by atoms with Crippen molar-refractivity contribution < 1.29 is 9.47 Å². The molecule has 0 saturated carbocycles. The van der Waals surface area contributed by atoms with E-state index in [1.807, 2.05) is 0 Å². The molecule has 1 atom stereocenters. The van der Waals surface area contributed by atoms with Gasteiger partial charge in [0.1, 0.15) is 18.2 Å². The second-order valence-corrected chi connectivity index (χ2v) is 4.97. The number of aromatic nitrogens is 2. The standard InChI is InChI=1S/C12H21N5O2/c1-12(4-3-5-19-8-12)16-9-6-10(17-13)15-11(14-9)7-18-2/h6H,3-5,7-8,13H2,1-2H3,(H2,14,15,16,17). The molecule has 4 N–H and O–H groups in total. The maximum absolute atomic E-state index is 5.52. The molecule has 0 bridgehead atoms. The fourth-order valence-corrected chi connectivity index (χ4v) is 2.17. The first-order chi connectivity index (χ1) is 9.15. The van der Waals surface area contributed by atoms with Gasteiger partial charge in [0.25, 0.3) is 0 Å². The van der Waals surface area contributed by atoms with Gasteiger partial charge in [0.15, 0.2) is 5.82 Å². The van der Waals surface area contributed by atoms with Crippen molar-refractivity contribution in [3.05, 3.63) is 11.9 Å². The summed E-state index contributed by atoms with van der Waals surface area (Å²) in [6.07, 6.45) is 2.09. The fraction of sp³-hybridized carbons (Fsp3) is 0.667. The lowest BCUT2D eigenvalue weighted by molar-refractivity contribution is 0.0538. The van der Waals surface area contributed by atoms with Crippen LogP contribution in [0, 0.1) is 0 Å². The molecule has 7 nitrogen and oxygen atoms in total. The van der Waals surface area contributed by atoms with Crippen molar-refractivity contribution in [2.45, 2.75) is 31.9 Å². The maximum atomic E-state index is 5.52. The first-order valence-electron chi connectivity index (χ1n) is 6.35. The van der Waals surface area contributed by atoms with Crippen molar-refractivity contribution in [3.63, 3.8) is 0 Å². The van der Waals surface area contributed by atoms with Crippen LogP contribution in [0.25, 0.3) is 0 Å². The molecule has 2 heterocycles. The van der Waals surface area contributed by atoms with Crippen LogP contribution < -0.4 is 16.6 Å². The highest BCUT2D eigenvalue weighted by Gasteiger charge is 2.28. The van der Waals surface area contributed by atoms with Gasteiger partial charge in [-0.25, -0.2) is 15.8 Å². The van der Waals surface area contributed by atoms with Crippen LogP contribution in [0.2, 0.25) is 0 Å². The van der Waals surface area contributed by atoms with Crippen LogP contribution in [0.4, 0.5) is 11.6 Å². The second-order valence-electron chi connectivity index (χ2n) is 4.97. The first kappa shape index (κ1) is 14.0. The van der Waals surface area contributed by atoms with Crippen LogP contribution in [0.5, 0.6) is 0 Å². The number of nitrogens with one attached hydrogen (secondary N) is 2. The molecule has 1 aliphatic heterocycles. The van der Waals surface area contributed by atoms with E-state index in [0.717, 1.165) is 25.3 Å². The summed E-state index contributed by atoms with van der Waals surface area (Å²) in [6.45, 7) is 3.96. The zero-order valence-electron chi connectivity index (χ0n) is 11.4. The number of ether oxygens (including phenoxy) is 2. The maximum Gasteiger partial charge on any atom is 0.158 e. The number of hydrogen-bond acceptors (Lipinski definition) is 7. The molecule has 0 amide bonds. The molecule has 1 saturated heterocycles. The molecule has 1 aromatic heterocycles. The molecular weight excluding hydrogens is 246 g/mol. The molecule has 1 fully saturated rings. The van der Waals surface area contributed by atoms with Crippen LogP contribution in [-0.4, -0.2) is 35.8 Å². The largest absolute Gasteiger partial charge is 0.379 e. The lowest BCUT2D eigenvalue weighted by Gasteiger charge is -2.34. The highest BCUT2D eigenvalue weighted by Crippen LogP contribution is 2.24. The van der Waals surface area contributed by atoms with Gasteiger partial charge >= 0.3 is 0 Å². The van der Waals surface area contributed by atoms with E-state index in [0.29, 0.717) is 24.9 Å². The average Bonchev–Trinajstić information content (AvgIpc) is 2.39. The summed E-state index contributed by atoms with van der Waals surface area (Å²) in [4.78, 5) is 8.63. The average molecular weight is 267 g/mol. The van der Waals surface area contributed by atoms with E-state index in [2.05, 4.69) is 27.6 Å². The van der Waals surface area contributed by atoms with Crippen molar-refractivity contribution in [2.24, 2.45) is 5.84 Å². The van der Waals surface area contributed by atoms with Gasteiger partial charge in [-0.15, -0.1) is 0 Å². The molecule has 0 spiro atoms. The second kappa shape index (κ2) is 6.14. The summed E-state index contributed by atoms with van der Waals surface area (Å²) < 4.78 is 10.6.